The standard InChI is InChI=1S/C22H20N2O5S/c1-15-6-10-19(11-7-15)24-30(27,28)20-5-3-4-17(14-20)21(25)23-18-12-8-16(9-13-18)22(26)29-2/h3-14,24H,1-2H3,(H,23,25). The van der Waals surface area contributed by atoms with Crippen LogP contribution in [0, 0.1) is 6.92 Å². The zero-order valence-electron chi connectivity index (χ0n) is 16.4. The van der Waals surface area contributed by atoms with Gasteiger partial charge in [-0.05, 0) is 61.5 Å². The third kappa shape index (κ3) is 5.03. The number of hydrogen-bond acceptors (Lipinski definition) is 5. The topological polar surface area (TPSA) is 102 Å². The Morgan fingerprint density at radius 2 is 1.47 bits per heavy atom. The third-order valence-corrected chi connectivity index (χ3v) is 5.65. The van der Waals surface area contributed by atoms with Gasteiger partial charge in [0.05, 0.1) is 17.6 Å². The summed E-state index contributed by atoms with van der Waals surface area (Å²) in [5.74, 6) is -0.958. The normalized spacial score (nSPS) is 10.9. The van der Waals surface area contributed by atoms with Crippen molar-refractivity contribution >= 4 is 33.3 Å². The molecule has 0 saturated carbocycles. The maximum absolute atomic E-state index is 12.7. The fourth-order valence-corrected chi connectivity index (χ4v) is 3.76. The fourth-order valence-electron chi connectivity index (χ4n) is 2.65. The van der Waals surface area contributed by atoms with Crippen LogP contribution in [0.2, 0.25) is 0 Å². The highest BCUT2D eigenvalue weighted by molar-refractivity contribution is 7.92. The lowest BCUT2D eigenvalue weighted by atomic mass is 10.2. The number of benzene rings is 3. The summed E-state index contributed by atoms with van der Waals surface area (Å²) in [5, 5.41) is 2.67. The van der Waals surface area contributed by atoms with Crippen LogP contribution in [-0.2, 0) is 14.8 Å². The van der Waals surface area contributed by atoms with Gasteiger partial charge < -0.3 is 10.1 Å². The van der Waals surface area contributed by atoms with Crippen molar-refractivity contribution in [2.75, 3.05) is 17.1 Å². The largest absolute Gasteiger partial charge is 0.465 e. The van der Waals surface area contributed by atoms with Gasteiger partial charge in [-0.3, -0.25) is 9.52 Å². The van der Waals surface area contributed by atoms with E-state index in [1.165, 1.54) is 43.5 Å². The zero-order valence-corrected chi connectivity index (χ0v) is 17.2. The number of aryl methyl sites for hydroxylation is 1. The quantitative estimate of drug-likeness (QED) is 0.586. The maximum Gasteiger partial charge on any atom is 0.337 e. The number of ether oxygens (including phenoxy) is 1. The minimum Gasteiger partial charge on any atom is -0.465 e. The van der Waals surface area contributed by atoms with Gasteiger partial charge in [-0.15, -0.1) is 0 Å². The highest BCUT2D eigenvalue weighted by Gasteiger charge is 2.17. The molecule has 0 saturated heterocycles. The molecule has 154 valence electrons. The van der Waals surface area contributed by atoms with Gasteiger partial charge in [0.1, 0.15) is 0 Å². The summed E-state index contributed by atoms with van der Waals surface area (Å²) in [7, 11) is -2.57. The van der Waals surface area contributed by atoms with Crippen LogP contribution in [0.1, 0.15) is 26.3 Å². The van der Waals surface area contributed by atoms with Crippen LogP contribution in [0.5, 0.6) is 0 Å². The van der Waals surface area contributed by atoms with E-state index in [1.807, 2.05) is 6.92 Å². The lowest BCUT2D eigenvalue weighted by Gasteiger charge is -2.10. The van der Waals surface area contributed by atoms with E-state index in [2.05, 4.69) is 14.8 Å². The predicted octanol–water partition coefficient (Wildman–Crippen LogP) is 3.83. The van der Waals surface area contributed by atoms with E-state index in [9.17, 15) is 18.0 Å². The van der Waals surface area contributed by atoms with Crippen LogP contribution in [0.15, 0.2) is 77.7 Å². The second kappa shape index (κ2) is 8.79. The summed E-state index contributed by atoms with van der Waals surface area (Å²) in [5.41, 5.74) is 2.43. The molecular weight excluding hydrogens is 404 g/mol. The number of amides is 1. The van der Waals surface area contributed by atoms with E-state index in [4.69, 9.17) is 0 Å². The molecule has 0 aliphatic carbocycles. The first kappa shape index (κ1) is 21.1. The van der Waals surface area contributed by atoms with Crippen molar-refractivity contribution in [1.29, 1.82) is 0 Å². The average Bonchev–Trinajstić information content (AvgIpc) is 2.75. The molecule has 2 N–H and O–H groups in total. The fraction of sp³-hybridized carbons (Fsp3) is 0.0909. The van der Waals surface area contributed by atoms with Gasteiger partial charge in [0.15, 0.2) is 0 Å². The van der Waals surface area contributed by atoms with Crippen LogP contribution in [-0.4, -0.2) is 27.4 Å². The summed E-state index contributed by atoms with van der Waals surface area (Å²) < 4.78 is 32.5. The Balaban J connectivity index is 1.76. The molecule has 0 bridgehead atoms. The molecule has 3 rings (SSSR count). The van der Waals surface area contributed by atoms with E-state index in [1.54, 1.807) is 36.4 Å². The third-order valence-electron chi connectivity index (χ3n) is 4.27. The molecule has 0 radical (unpaired) electrons. The number of nitrogens with one attached hydrogen (secondary N) is 2. The Kier molecular flexibility index (Phi) is 6.17. The van der Waals surface area contributed by atoms with Crippen molar-refractivity contribution in [1.82, 2.24) is 0 Å². The molecule has 0 fully saturated rings. The molecule has 0 heterocycles. The Morgan fingerprint density at radius 1 is 0.833 bits per heavy atom. The number of esters is 1. The zero-order chi connectivity index (χ0) is 21.7. The van der Waals surface area contributed by atoms with Gasteiger partial charge in [-0.1, -0.05) is 23.8 Å². The molecule has 1 amide bonds. The molecule has 0 aliphatic rings. The molecular formula is C22H20N2O5S. The Bertz CT molecular complexity index is 1170. The lowest BCUT2D eigenvalue weighted by Crippen LogP contribution is -2.16. The molecule has 0 aromatic heterocycles. The molecule has 0 atom stereocenters. The number of hydrogen-bond donors (Lipinski definition) is 2. The van der Waals surface area contributed by atoms with Crippen molar-refractivity contribution in [3.8, 4) is 0 Å². The molecule has 7 nitrogen and oxygen atoms in total. The van der Waals surface area contributed by atoms with Gasteiger partial charge in [0, 0.05) is 16.9 Å². The SMILES string of the molecule is COC(=O)c1ccc(NC(=O)c2cccc(S(=O)(=O)Nc3ccc(C)cc3)c2)cc1. The van der Waals surface area contributed by atoms with Crippen LogP contribution in [0.4, 0.5) is 11.4 Å². The predicted molar refractivity (Wildman–Crippen MR) is 114 cm³/mol. The molecule has 3 aromatic rings. The van der Waals surface area contributed by atoms with Crippen molar-refractivity contribution in [3.63, 3.8) is 0 Å². The number of carbonyl (C=O) groups is 2. The van der Waals surface area contributed by atoms with E-state index < -0.39 is 21.9 Å². The molecule has 8 heteroatoms. The lowest BCUT2D eigenvalue weighted by molar-refractivity contribution is 0.0600. The molecule has 30 heavy (non-hydrogen) atoms. The van der Waals surface area contributed by atoms with Gasteiger partial charge in [0.25, 0.3) is 15.9 Å². The number of sulfonamides is 1. The van der Waals surface area contributed by atoms with Crippen molar-refractivity contribution < 1.29 is 22.7 Å². The molecule has 0 spiro atoms. The van der Waals surface area contributed by atoms with Gasteiger partial charge in [0.2, 0.25) is 0 Å². The van der Waals surface area contributed by atoms with E-state index in [0.717, 1.165) is 5.56 Å². The highest BCUT2D eigenvalue weighted by atomic mass is 32.2. The Hall–Kier alpha value is -3.65. The second-order valence-electron chi connectivity index (χ2n) is 6.52. The number of rotatable bonds is 6. The smallest absolute Gasteiger partial charge is 0.337 e. The van der Waals surface area contributed by atoms with Crippen molar-refractivity contribution in [2.45, 2.75) is 11.8 Å². The Labute approximate surface area is 174 Å². The molecule has 0 aliphatic heterocycles. The maximum atomic E-state index is 12.7. The minimum absolute atomic E-state index is 0.0308. The van der Waals surface area contributed by atoms with Crippen LogP contribution < -0.4 is 10.0 Å². The highest BCUT2D eigenvalue weighted by Crippen LogP contribution is 2.19. The average molecular weight is 424 g/mol. The minimum atomic E-state index is -3.85. The summed E-state index contributed by atoms with van der Waals surface area (Å²) in [6.45, 7) is 1.91. The number of carbonyl (C=O) groups excluding carboxylic acids is 2. The Morgan fingerprint density at radius 3 is 2.10 bits per heavy atom. The van der Waals surface area contributed by atoms with Crippen molar-refractivity contribution in [3.05, 3.63) is 89.5 Å². The summed E-state index contributed by atoms with van der Waals surface area (Å²) in [4.78, 5) is 24.0. The van der Waals surface area contributed by atoms with Gasteiger partial charge >= 0.3 is 5.97 Å². The summed E-state index contributed by atoms with van der Waals surface area (Å²) in [6.07, 6.45) is 0. The van der Waals surface area contributed by atoms with Gasteiger partial charge in [-0.25, -0.2) is 13.2 Å². The molecule has 3 aromatic carbocycles. The number of methoxy groups -OCH3 is 1. The van der Waals surface area contributed by atoms with Gasteiger partial charge in [-0.2, -0.15) is 0 Å². The first-order valence-corrected chi connectivity index (χ1v) is 10.5. The van der Waals surface area contributed by atoms with Crippen molar-refractivity contribution in [2.24, 2.45) is 0 Å². The van der Waals surface area contributed by atoms with Crippen LogP contribution in [0.25, 0.3) is 0 Å². The van der Waals surface area contributed by atoms with E-state index in [0.29, 0.717) is 16.9 Å². The van der Waals surface area contributed by atoms with Crippen LogP contribution in [0.3, 0.4) is 0 Å². The van der Waals surface area contributed by atoms with E-state index >= 15 is 0 Å². The molecule has 0 unspecified atom stereocenters. The monoisotopic (exact) mass is 424 g/mol. The first-order chi connectivity index (χ1) is 14.3. The van der Waals surface area contributed by atoms with Crippen LogP contribution >= 0.6 is 0 Å². The first-order valence-electron chi connectivity index (χ1n) is 8.98. The number of anilines is 2. The summed E-state index contributed by atoms with van der Waals surface area (Å²) in [6, 6.07) is 18.8. The second-order valence-corrected chi connectivity index (χ2v) is 8.20. The van der Waals surface area contributed by atoms with E-state index in [-0.39, 0.29) is 10.5 Å². The summed E-state index contributed by atoms with van der Waals surface area (Å²) >= 11 is 0.